The maximum atomic E-state index is 12.8. The first-order chi connectivity index (χ1) is 14.0. The lowest BCUT2D eigenvalue weighted by molar-refractivity contribution is -0.122. The number of hydrogen-bond donors (Lipinski definition) is 2. The fourth-order valence-corrected chi connectivity index (χ4v) is 3.91. The second-order valence-corrected chi connectivity index (χ2v) is 7.85. The molecule has 0 bridgehead atoms. The average molecular weight is 428 g/mol. The van der Waals surface area contributed by atoms with Crippen LogP contribution in [-0.2, 0) is 9.59 Å². The second kappa shape index (κ2) is 8.18. The largest absolute Gasteiger partial charge is 0.325 e. The first-order valence-electron chi connectivity index (χ1n) is 8.90. The third-order valence-electron chi connectivity index (χ3n) is 4.47. The van der Waals surface area contributed by atoms with E-state index in [1.807, 2.05) is 43.3 Å². The number of rotatable bonds is 4. The number of thioether (sulfide) groups is 1. The lowest BCUT2D eigenvalue weighted by atomic mass is 10.2. The normalized spacial score (nSPS) is 17.7. The molecule has 0 saturated heterocycles. The van der Waals surface area contributed by atoms with E-state index in [2.05, 4.69) is 15.8 Å². The summed E-state index contributed by atoms with van der Waals surface area (Å²) in [5.74, 6) is -0.165. The van der Waals surface area contributed by atoms with Gasteiger partial charge in [0.1, 0.15) is 0 Å². The third-order valence-corrected chi connectivity index (χ3v) is 5.67. The van der Waals surface area contributed by atoms with Crippen molar-refractivity contribution >= 4 is 51.7 Å². The summed E-state index contributed by atoms with van der Waals surface area (Å²) < 4.78 is 0. The van der Waals surface area contributed by atoms with Gasteiger partial charge < -0.3 is 5.32 Å². The van der Waals surface area contributed by atoms with E-state index >= 15 is 0 Å². The highest BCUT2D eigenvalue weighted by molar-refractivity contribution is 8.14. The fourth-order valence-electron chi connectivity index (χ4n) is 2.97. The molecule has 0 aromatic heterocycles. The topological polar surface area (TPSA) is 77.0 Å². The molecule has 0 radical (unpaired) electrons. The van der Waals surface area contributed by atoms with E-state index in [1.54, 1.807) is 34.3 Å². The van der Waals surface area contributed by atoms with Crippen LogP contribution >= 0.6 is 23.4 Å². The smallest absolute Gasteiger partial charge is 0.276 e. The minimum Gasteiger partial charge on any atom is -0.325 e. The Bertz CT molecular complexity index is 1010. The zero-order valence-electron chi connectivity index (χ0n) is 15.5. The zero-order chi connectivity index (χ0) is 20.4. The number of hydrazone groups is 1. The molecular weight excluding hydrogens is 410 g/mol. The number of nitrogens with one attached hydrogen (secondary N) is 2. The molecule has 9 heteroatoms. The molecule has 0 spiro atoms. The van der Waals surface area contributed by atoms with Gasteiger partial charge in [-0.05, 0) is 36.8 Å². The molecule has 0 saturated carbocycles. The summed E-state index contributed by atoms with van der Waals surface area (Å²) in [5.41, 5.74) is 5.24. The highest BCUT2D eigenvalue weighted by atomic mass is 35.5. The van der Waals surface area contributed by atoms with Crippen LogP contribution in [0.2, 0.25) is 5.02 Å². The Balaban J connectivity index is 1.38. The maximum Gasteiger partial charge on any atom is 0.276 e. The monoisotopic (exact) mass is 427 g/mol. The molecule has 4 rings (SSSR count). The van der Waals surface area contributed by atoms with E-state index in [0.717, 1.165) is 11.3 Å². The number of para-hydroxylation sites is 1. The summed E-state index contributed by atoms with van der Waals surface area (Å²) in [7, 11) is 0. The Labute approximate surface area is 177 Å². The van der Waals surface area contributed by atoms with Gasteiger partial charge in [-0.25, -0.2) is 0 Å². The minimum absolute atomic E-state index is 0.142. The number of hydrogen-bond acceptors (Lipinski definition) is 6. The van der Waals surface area contributed by atoms with Gasteiger partial charge in [-0.1, -0.05) is 47.6 Å². The minimum atomic E-state index is -0.624. The number of amidine groups is 1. The highest BCUT2D eigenvalue weighted by Gasteiger charge is 2.38. The van der Waals surface area contributed by atoms with Gasteiger partial charge in [0.15, 0.2) is 5.17 Å². The van der Waals surface area contributed by atoms with Crippen LogP contribution in [0.25, 0.3) is 0 Å². The van der Waals surface area contributed by atoms with Crippen LogP contribution in [0.1, 0.15) is 5.56 Å². The van der Waals surface area contributed by atoms with Crippen molar-refractivity contribution in [2.75, 3.05) is 16.0 Å². The number of amides is 2. The standard InChI is InChI=1S/C20H18ClN5O2S/c1-13-7-8-14(21)11-16(13)22-17(27)12-29-20-24-23-18-19(28)25(9-10-26(18)20)15-5-3-2-4-6-15/h2-11,18,23H,12H2,1H3,(H,22,27). The molecule has 7 nitrogen and oxygen atoms in total. The van der Waals surface area contributed by atoms with E-state index in [9.17, 15) is 9.59 Å². The maximum absolute atomic E-state index is 12.8. The van der Waals surface area contributed by atoms with Crippen LogP contribution in [-0.4, -0.2) is 33.8 Å². The van der Waals surface area contributed by atoms with Crippen LogP contribution in [0.15, 0.2) is 66.0 Å². The zero-order valence-corrected chi connectivity index (χ0v) is 17.1. The van der Waals surface area contributed by atoms with Crippen LogP contribution in [0, 0.1) is 6.92 Å². The van der Waals surface area contributed by atoms with Gasteiger partial charge >= 0.3 is 0 Å². The van der Waals surface area contributed by atoms with Crippen LogP contribution in [0.5, 0.6) is 0 Å². The Hall–Kier alpha value is -2.97. The predicted molar refractivity (Wildman–Crippen MR) is 117 cm³/mol. The summed E-state index contributed by atoms with van der Waals surface area (Å²) in [6.07, 6.45) is 2.86. The van der Waals surface area contributed by atoms with E-state index < -0.39 is 6.17 Å². The van der Waals surface area contributed by atoms with Crippen molar-refractivity contribution in [3.05, 3.63) is 71.5 Å². The lowest BCUT2D eigenvalue weighted by Crippen LogP contribution is -2.52. The molecule has 1 unspecified atom stereocenters. The summed E-state index contributed by atoms with van der Waals surface area (Å²) >= 11 is 7.25. The molecular formula is C20H18ClN5O2S. The number of benzene rings is 2. The molecule has 2 N–H and O–H groups in total. The Morgan fingerprint density at radius 3 is 2.83 bits per heavy atom. The third kappa shape index (κ3) is 4.08. The first kappa shape index (κ1) is 19.4. The van der Waals surface area contributed by atoms with Gasteiger partial charge in [-0.2, -0.15) is 5.10 Å². The molecule has 148 valence electrons. The fraction of sp³-hybridized carbons (Fsp3) is 0.150. The highest BCUT2D eigenvalue weighted by Crippen LogP contribution is 2.26. The Kier molecular flexibility index (Phi) is 5.46. The number of carbonyl (C=O) groups excluding carboxylic acids is 2. The number of halogens is 1. The lowest BCUT2D eigenvalue weighted by Gasteiger charge is -2.31. The summed E-state index contributed by atoms with van der Waals surface area (Å²) in [6.45, 7) is 1.90. The molecule has 2 aromatic carbocycles. The molecule has 1 atom stereocenters. The average Bonchev–Trinajstić information content (AvgIpc) is 3.14. The van der Waals surface area contributed by atoms with Crippen molar-refractivity contribution in [3.8, 4) is 0 Å². The van der Waals surface area contributed by atoms with Crippen molar-refractivity contribution in [1.29, 1.82) is 0 Å². The van der Waals surface area contributed by atoms with Gasteiger partial charge in [0.25, 0.3) is 5.91 Å². The number of anilines is 2. The molecule has 2 aromatic rings. The molecule has 0 fully saturated rings. The molecule has 2 aliphatic rings. The van der Waals surface area contributed by atoms with Gasteiger partial charge in [-0.3, -0.25) is 24.8 Å². The molecule has 2 amide bonds. The number of nitrogens with zero attached hydrogens (tertiary/aromatic N) is 3. The van der Waals surface area contributed by atoms with E-state index in [4.69, 9.17) is 11.6 Å². The van der Waals surface area contributed by atoms with Crippen LogP contribution in [0.3, 0.4) is 0 Å². The summed E-state index contributed by atoms with van der Waals surface area (Å²) in [4.78, 5) is 28.4. The summed E-state index contributed by atoms with van der Waals surface area (Å²) in [5, 5.41) is 8.20. The van der Waals surface area contributed by atoms with Crippen LogP contribution < -0.4 is 15.6 Å². The van der Waals surface area contributed by atoms with Crippen molar-refractivity contribution in [3.63, 3.8) is 0 Å². The van der Waals surface area contributed by atoms with Crippen molar-refractivity contribution in [2.45, 2.75) is 13.1 Å². The van der Waals surface area contributed by atoms with Gasteiger partial charge in [-0.15, -0.1) is 0 Å². The van der Waals surface area contributed by atoms with Gasteiger partial charge in [0.2, 0.25) is 12.1 Å². The SMILES string of the molecule is Cc1ccc(Cl)cc1NC(=O)CSC1=NNC2C(=O)N(c3ccccc3)C=CN12. The van der Waals surface area contributed by atoms with Crippen molar-refractivity contribution in [1.82, 2.24) is 10.3 Å². The Morgan fingerprint density at radius 1 is 1.24 bits per heavy atom. The predicted octanol–water partition coefficient (Wildman–Crippen LogP) is 3.34. The van der Waals surface area contributed by atoms with E-state index in [-0.39, 0.29) is 17.6 Å². The second-order valence-electron chi connectivity index (χ2n) is 6.47. The first-order valence-corrected chi connectivity index (χ1v) is 10.3. The number of carbonyl (C=O) groups is 2. The van der Waals surface area contributed by atoms with Crippen LogP contribution in [0.4, 0.5) is 11.4 Å². The number of fused-ring (bicyclic) bond motifs is 1. The quantitative estimate of drug-likeness (QED) is 0.782. The van der Waals surface area contributed by atoms with E-state index in [1.165, 1.54) is 11.8 Å². The number of aryl methyl sites for hydroxylation is 1. The molecule has 0 aliphatic carbocycles. The van der Waals surface area contributed by atoms with Gasteiger partial charge in [0, 0.05) is 28.8 Å². The Morgan fingerprint density at radius 2 is 2.03 bits per heavy atom. The summed E-state index contributed by atoms with van der Waals surface area (Å²) in [6, 6.07) is 14.7. The molecule has 2 heterocycles. The van der Waals surface area contributed by atoms with Gasteiger partial charge in [0.05, 0.1) is 5.75 Å². The molecule has 2 aliphatic heterocycles. The van der Waals surface area contributed by atoms with Crippen molar-refractivity contribution in [2.24, 2.45) is 5.10 Å². The molecule has 29 heavy (non-hydrogen) atoms. The van der Waals surface area contributed by atoms with Crippen molar-refractivity contribution < 1.29 is 9.59 Å². The van der Waals surface area contributed by atoms with E-state index in [0.29, 0.717) is 15.9 Å².